The van der Waals surface area contributed by atoms with Gasteiger partial charge in [-0.2, -0.15) is 20.4 Å². The molecule has 0 spiro atoms. The van der Waals surface area contributed by atoms with Crippen molar-refractivity contribution in [3.05, 3.63) is 246 Å². The number of halogens is 4. The molecule has 10 N–H and O–H groups in total. The van der Waals surface area contributed by atoms with Gasteiger partial charge in [-0.05, 0) is 188 Å². The third-order valence-corrected chi connectivity index (χ3v) is 20.5. The van der Waals surface area contributed by atoms with Crippen molar-refractivity contribution in [2.45, 2.75) is 106 Å². The van der Waals surface area contributed by atoms with Gasteiger partial charge in [0.25, 0.3) is 22.2 Å². The normalized spacial score (nSPS) is 11.6. The van der Waals surface area contributed by atoms with Gasteiger partial charge in [-0.3, -0.25) is 39.6 Å². The molecule has 12 aromatic heterocycles. The Balaban J connectivity index is 0.000000124. The standard InChI is InChI=1S/C20H22ClN5O.C19H20ClN5O.C19H19ClN4OS.C18H19ClN6O/c1-13-18-19(24-23-13)16-11-14(21)6-7-17(16)26(20(18)27)10-4-8-22-12-15-5-3-9-25(15)2;1-12-17-18(24-23-12)15-10-13(20)5-6-16(15)25(19(17)26)9-3-7-21-11-14-4-2-8-22-14;1-12-17-18(23-22-12)15-10-13(20)5-6-16(15)24(19(17)25)8-3-7-21-11-14-4-2-9-26-14;1-11-16-17(24-23-11)13-9-12(19)3-4-14(13)25(18(16)26)8-2-5-20-10-15-21-6-7-22-15/h3,5-7,9,11,22H,4,8,10,12H2,1-2H3,(H,23,24);2,4-6,8,10,21-22H,3,7,9,11H2,1H3,(H,23,24);2,4-6,9-10,21H,3,7-8,11H2,1H3,(H,22,23);3-4,6-7,9,20H,2,5,8,10H2,1H3,(H,21,22)(H,23,24). The van der Waals surface area contributed by atoms with Gasteiger partial charge in [0.05, 0.1) is 50.2 Å². The molecule has 4 aromatic carbocycles. The summed E-state index contributed by atoms with van der Waals surface area (Å²) in [5.74, 6) is 0.901. The van der Waals surface area contributed by atoms with Gasteiger partial charge in [0.1, 0.15) is 27.9 Å². The molecular formula is C76H80Cl4N20O4S. The molecule has 0 unspecified atom stereocenters. The molecule has 0 bridgehead atoms. The molecule has 0 fully saturated rings. The van der Waals surface area contributed by atoms with E-state index in [2.05, 4.69) is 105 Å². The lowest BCUT2D eigenvalue weighted by molar-refractivity contribution is 0.573. The van der Waals surface area contributed by atoms with E-state index in [0.29, 0.717) is 96.4 Å². The molecule has 0 saturated carbocycles. The van der Waals surface area contributed by atoms with Gasteiger partial charge in [-0.25, -0.2) is 4.98 Å². The van der Waals surface area contributed by atoms with E-state index >= 15 is 0 Å². The predicted molar refractivity (Wildman–Crippen MR) is 425 cm³/mol. The van der Waals surface area contributed by atoms with Crippen LogP contribution >= 0.6 is 57.7 Å². The molecule has 0 aliphatic rings. The maximum atomic E-state index is 13.1. The molecule has 0 amide bonds. The van der Waals surface area contributed by atoms with Crippen molar-refractivity contribution in [2.75, 3.05) is 26.2 Å². The van der Waals surface area contributed by atoms with Gasteiger partial charge in [0.15, 0.2) is 0 Å². The number of thiophene rings is 1. The highest BCUT2D eigenvalue weighted by Crippen LogP contribution is 2.31. The lowest BCUT2D eigenvalue weighted by atomic mass is 10.1. The number of pyridine rings is 4. The fraction of sp³-hybridized carbons (Fsp3) is 0.276. The molecule has 0 saturated heterocycles. The number of hydrogen-bond acceptors (Lipinski definition) is 14. The molecule has 0 atom stereocenters. The number of fused-ring (bicyclic) bond motifs is 12. The van der Waals surface area contributed by atoms with E-state index in [4.69, 9.17) is 46.4 Å². The quantitative estimate of drug-likeness (QED) is 0.0252. The van der Waals surface area contributed by atoms with Crippen molar-refractivity contribution in [1.29, 1.82) is 0 Å². The summed E-state index contributed by atoms with van der Waals surface area (Å²) in [5, 5.41) is 53.3. The van der Waals surface area contributed by atoms with Gasteiger partial charge < -0.3 is 54.1 Å². The van der Waals surface area contributed by atoms with Crippen molar-refractivity contribution in [1.82, 2.24) is 99.8 Å². The van der Waals surface area contributed by atoms with Crippen molar-refractivity contribution < 1.29 is 0 Å². The van der Waals surface area contributed by atoms with Gasteiger partial charge >= 0.3 is 0 Å². The highest BCUT2D eigenvalue weighted by atomic mass is 35.5. The molecular weight excluding hydrogens is 1430 g/mol. The summed E-state index contributed by atoms with van der Waals surface area (Å²) in [7, 11) is 2.04. The summed E-state index contributed by atoms with van der Waals surface area (Å²) < 4.78 is 9.41. The first-order valence-electron chi connectivity index (χ1n) is 34.7. The second-order valence-electron chi connectivity index (χ2n) is 25.8. The number of imidazole rings is 1. The Labute approximate surface area is 625 Å². The van der Waals surface area contributed by atoms with E-state index < -0.39 is 0 Å². The maximum absolute atomic E-state index is 13.1. The summed E-state index contributed by atoms with van der Waals surface area (Å²) in [4.78, 5) is 63.8. The minimum absolute atomic E-state index is 0.000621. The molecule has 16 aromatic rings. The number of nitrogens with zero attached hydrogens (tertiary/aromatic N) is 10. The van der Waals surface area contributed by atoms with Crippen LogP contribution in [0.2, 0.25) is 20.1 Å². The average Bonchev–Trinajstić information content (AvgIpc) is 1.72. The number of nitrogens with one attached hydrogen (secondary N) is 10. The van der Waals surface area contributed by atoms with Gasteiger partial charge in [-0.1, -0.05) is 52.5 Å². The largest absolute Gasteiger partial charge is 0.364 e. The van der Waals surface area contributed by atoms with E-state index in [-0.39, 0.29) is 22.2 Å². The van der Waals surface area contributed by atoms with Crippen LogP contribution in [-0.4, -0.2) is 105 Å². The molecule has 0 aliphatic heterocycles. The van der Waals surface area contributed by atoms with Crippen LogP contribution in [0.4, 0.5) is 0 Å². The van der Waals surface area contributed by atoms with E-state index in [9.17, 15) is 19.2 Å². The predicted octanol–water partition coefficient (Wildman–Crippen LogP) is 13.5. The van der Waals surface area contributed by atoms with Crippen LogP contribution in [-0.2, 0) is 59.4 Å². The zero-order valence-corrected chi connectivity index (χ0v) is 62.5. The van der Waals surface area contributed by atoms with Gasteiger partial charge in [-0.15, -0.1) is 11.3 Å². The molecule has 29 heteroatoms. The van der Waals surface area contributed by atoms with Crippen LogP contribution in [0.15, 0.2) is 159 Å². The molecule has 0 radical (unpaired) electrons. The maximum Gasteiger partial charge on any atom is 0.262 e. The zero-order valence-electron chi connectivity index (χ0n) is 58.6. The average molecular weight is 1510 g/mol. The van der Waals surface area contributed by atoms with Crippen LogP contribution < -0.4 is 43.5 Å². The highest BCUT2D eigenvalue weighted by Gasteiger charge is 2.21. The Hall–Kier alpha value is -9.93. The fourth-order valence-electron chi connectivity index (χ4n) is 13.4. The van der Waals surface area contributed by atoms with Gasteiger partial charge in [0.2, 0.25) is 0 Å². The van der Waals surface area contributed by atoms with Crippen LogP contribution in [0.1, 0.15) is 70.5 Å². The number of hydrogen-bond donors (Lipinski definition) is 10. The Morgan fingerprint density at radius 2 is 0.819 bits per heavy atom. The first-order valence-corrected chi connectivity index (χ1v) is 37.1. The summed E-state index contributed by atoms with van der Waals surface area (Å²) in [6, 6.07) is 34.7. The molecule has 105 heavy (non-hydrogen) atoms. The molecule has 12 heterocycles. The first-order chi connectivity index (χ1) is 51.0. The molecule has 24 nitrogen and oxygen atoms in total. The van der Waals surface area contributed by atoms with Crippen LogP contribution in [0.25, 0.3) is 87.2 Å². The minimum atomic E-state index is -0.0212. The second kappa shape index (κ2) is 33.5. The van der Waals surface area contributed by atoms with Crippen molar-refractivity contribution in [3.63, 3.8) is 0 Å². The van der Waals surface area contributed by atoms with Gasteiger partial charge in [0, 0.05) is 158 Å². The molecule has 0 aliphatic carbocycles. The Morgan fingerprint density at radius 1 is 0.429 bits per heavy atom. The zero-order chi connectivity index (χ0) is 73.3. The Kier molecular flexibility index (Phi) is 23.4. The first kappa shape index (κ1) is 73.4. The summed E-state index contributed by atoms with van der Waals surface area (Å²) in [6.07, 6.45) is 10.9. The Morgan fingerprint density at radius 3 is 1.16 bits per heavy atom. The second-order valence-corrected chi connectivity index (χ2v) is 28.6. The summed E-state index contributed by atoms with van der Waals surface area (Å²) in [5.41, 5.74) is 11.7. The number of H-pyrrole nitrogens is 6. The van der Waals surface area contributed by atoms with E-state index in [0.717, 1.165) is 149 Å². The minimum Gasteiger partial charge on any atom is -0.364 e. The number of aromatic amines is 6. The summed E-state index contributed by atoms with van der Waals surface area (Å²) >= 11 is 26.5. The van der Waals surface area contributed by atoms with E-state index in [1.807, 2.05) is 150 Å². The molecule has 542 valence electrons. The van der Waals surface area contributed by atoms with Crippen molar-refractivity contribution >= 4 is 145 Å². The smallest absolute Gasteiger partial charge is 0.262 e. The Bertz CT molecular complexity index is 5530. The van der Waals surface area contributed by atoms with E-state index in [1.54, 1.807) is 29.8 Å². The monoisotopic (exact) mass is 1510 g/mol. The number of aromatic nitrogens is 16. The van der Waals surface area contributed by atoms with Crippen LogP contribution in [0.3, 0.4) is 0 Å². The third kappa shape index (κ3) is 16.3. The number of rotatable bonds is 24. The fourth-order valence-corrected chi connectivity index (χ4v) is 14.8. The molecule has 16 rings (SSSR count). The van der Waals surface area contributed by atoms with Crippen molar-refractivity contribution in [2.24, 2.45) is 7.05 Å². The van der Waals surface area contributed by atoms with Crippen molar-refractivity contribution in [3.8, 4) is 0 Å². The number of aryl methyl sites for hydroxylation is 9. The van der Waals surface area contributed by atoms with Crippen LogP contribution in [0, 0.1) is 27.7 Å². The highest BCUT2D eigenvalue weighted by molar-refractivity contribution is 7.09. The SMILES string of the molecule is Cc1[nH]nc2c1c(=O)n(CCCNCc1ccc[nH]1)c1ccc(Cl)cc21.Cc1[nH]nc2c1c(=O)n(CCCNCc1cccn1C)c1ccc(Cl)cc21.Cc1[nH]nc2c1c(=O)n(CCCNCc1cccs1)c1ccc(Cl)cc21.Cc1[nH]nc2c1c(=O)n(CCCNCc1ncc[nH]1)c1ccc(Cl)cc21. The third-order valence-electron chi connectivity index (χ3n) is 18.6. The van der Waals surface area contributed by atoms with E-state index in [1.165, 1.54) is 10.6 Å². The summed E-state index contributed by atoms with van der Waals surface area (Å²) in [6.45, 7) is 16.4. The topological polar surface area (TPSA) is 300 Å². The number of benzene rings is 4. The lowest BCUT2D eigenvalue weighted by Gasteiger charge is -2.12. The van der Waals surface area contributed by atoms with Crippen LogP contribution in [0.5, 0.6) is 0 Å². The lowest BCUT2D eigenvalue weighted by Crippen LogP contribution is -2.24.